The maximum absolute atomic E-state index is 11.9. The van der Waals surface area contributed by atoms with Gasteiger partial charge in [-0.1, -0.05) is 29.8 Å². The summed E-state index contributed by atoms with van der Waals surface area (Å²) in [7, 11) is 0. The fourth-order valence-electron chi connectivity index (χ4n) is 2.20. The van der Waals surface area contributed by atoms with Gasteiger partial charge in [0.25, 0.3) is 5.91 Å². The number of esters is 1. The molecule has 0 radical (unpaired) electrons. The Morgan fingerprint density at radius 1 is 1.00 bits per heavy atom. The number of amides is 2. The van der Waals surface area contributed by atoms with Crippen LogP contribution in [-0.2, 0) is 19.1 Å². The van der Waals surface area contributed by atoms with Crippen LogP contribution in [0.3, 0.4) is 0 Å². The summed E-state index contributed by atoms with van der Waals surface area (Å²) in [5.41, 5.74) is 2.29. The molecule has 0 atom stereocenters. The number of halogens is 1. The summed E-state index contributed by atoms with van der Waals surface area (Å²) in [5.74, 6) is -1.17. The van der Waals surface area contributed by atoms with Gasteiger partial charge in [0.15, 0.2) is 13.2 Å². The van der Waals surface area contributed by atoms with Crippen LogP contribution in [0.15, 0.2) is 42.5 Å². The summed E-state index contributed by atoms with van der Waals surface area (Å²) in [5, 5.41) is 5.55. The quantitative estimate of drug-likeness (QED) is 0.660. The van der Waals surface area contributed by atoms with Crippen molar-refractivity contribution in [2.75, 3.05) is 25.1 Å². The first kappa shape index (κ1) is 21.2. The smallest absolute Gasteiger partial charge is 0.344 e. The molecule has 0 bridgehead atoms. The first-order valence-electron chi connectivity index (χ1n) is 8.52. The second-order valence-electron chi connectivity index (χ2n) is 6.00. The van der Waals surface area contributed by atoms with E-state index in [2.05, 4.69) is 10.6 Å². The predicted octanol–water partition coefficient (Wildman–Crippen LogP) is 2.63. The van der Waals surface area contributed by atoms with Crippen molar-refractivity contribution in [3.8, 4) is 5.75 Å². The molecule has 0 fully saturated rings. The molecule has 8 heteroatoms. The molecule has 2 N–H and O–H groups in total. The maximum Gasteiger partial charge on any atom is 0.344 e. The van der Waals surface area contributed by atoms with Crippen molar-refractivity contribution in [3.05, 3.63) is 58.6 Å². The molecule has 0 aromatic heterocycles. The lowest BCUT2D eigenvalue weighted by Gasteiger charge is -2.10. The van der Waals surface area contributed by atoms with Crippen LogP contribution in [0.25, 0.3) is 0 Å². The Hall–Kier alpha value is -3.06. The van der Waals surface area contributed by atoms with Crippen LogP contribution in [0, 0.1) is 13.8 Å². The highest BCUT2D eigenvalue weighted by atomic mass is 35.5. The minimum Gasteiger partial charge on any atom is -0.482 e. The van der Waals surface area contributed by atoms with Crippen molar-refractivity contribution in [2.24, 2.45) is 0 Å². The van der Waals surface area contributed by atoms with Gasteiger partial charge in [0.1, 0.15) is 5.75 Å². The van der Waals surface area contributed by atoms with Crippen molar-refractivity contribution >= 4 is 35.1 Å². The zero-order chi connectivity index (χ0) is 20.5. The molecule has 2 aromatic carbocycles. The van der Waals surface area contributed by atoms with Gasteiger partial charge in [0, 0.05) is 10.7 Å². The Morgan fingerprint density at radius 2 is 1.75 bits per heavy atom. The molecule has 2 amide bonds. The zero-order valence-electron chi connectivity index (χ0n) is 15.6. The van der Waals surface area contributed by atoms with Crippen LogP contribution in [0.1, 0.15) is 11.1 Å². The van der Waals surface area contributed by atoms with E-state index in [-0.39, 0.29) is 13.2 Å². The number of nitrogens with one attached hydrogen (secondary N) is 2. The topological polar surface area (TPSA) is 93.7 Å². The second kappa shape index (κ2) is 10.3. The molecule has 0 spiro atoms. The number of hydrogen-bond donors (Lipinski definition) is 2. The number of rotatable bonds is 8. The average molecular weight is 405 g/mol. The fourth-order valence-corrected chi connectivity index (χ4v) is 2.38. The third kappa shape index (κ3) is 6.92. The van der Waals surface area contributed by atoms with Crippen LogP contribution in [-0.4, -0.2) is 37.5 Å². The van der Waals surface area contributed by atoms with Crippen molar-refractivity contribution in [1.82, 2.24) is 5.32 Å². The number of aryl methyl sites for hydroxylation is 1. The van der Waals surface area contributed by atoms with E-state index in [0.29, 0.717) is 16.5 Å². The van der Waals surface area contributed by atoms with Gasteiger partial charge in [0.05, 0.1) is 6.54 Å². The third-order valence-electron chi connectivity index (χ3n) is 3.70. The fraction of sp³-hybridized carbons (Fsp3) is 0.250. The molecular weight excluding hydrogens is 384 g/mol. The van der Waals surface area contributed by atoms with Crippen LogP contribution in [0.4, 0.5) is 5.69 Å². The van der Waals surface area contributed by atoms with Gasteiger partial charge in [-0.25, -0.2) is 4.79 Å². The maximum atomic E-state index is 11.9. The Morgan fingerprint density at radius 3 is 2.50 bits per heavy atom. The van der Waals surface area contributed by atoms with E-state index in [9.17, 15) is 14.4 Å². The van der Waals surface area contributed by atoms with Crippen molar-refractivity contribution < 1.29 is 23.9 Å². The van der Waals surface area contributed by atoms with Gasteiger partial charge in [-0.3, -0.25) is 9.59 Å². The number of carbonyl (C=O) groups excluding carboxylic acids is 3. The van der Waals surface area contributed by atoms with Crippen molar-refractivity contribution in [1.29, 1.82) is 0 Å². The molecule has 0 unspecified atom stereocenters. The van der Waals surface area contributed by atoms with Gasteiger partial charge in [-0.05, 0) is 49.2 Å². The Bertz CT molecular complexity index is 869. The molecule has 148 valence electrons. The first-order valence-corrected chi connectivity index (χ1v) is 8.89. The number of ether oxygens (including phenoxy) is 2. The van der Waals surface area contributed by atoms with E-state index in [4.69, 9.17) is 21.1 Å². The number of anilines is 1. The van der Waals surface area contributed by atoms with E-state index >= 15 is 0 Å². The summed E-state index contributed by atoms with van der Waals surface area (Å²) in [6, 6.07) is 12.3. The SMILES string of the molecule is Cc1cccc(OCC(=O)OCC(=O)NCC(=O)Nc2cccc(Cl)c2C)c1. The number of carbonyl (C=O) groups is 3. The second-order valence-corrected chi connectivity index (χ2v) is 6.41. The van der Waals surface area contributed by atoms with Crippen molar-refractivity contribution in [2.45, 2.75) is 13.8 Å². The summed E-state index contributed by atoms with van der Waals surface area (Å²) in [4.78, 5) is 35.3. The summed E-state index contributed by atoms with van der Waals surface area (Å²) >= 11 is 5.99. The summed E-state index contributed by atoms with van der Waals surface area (Å²) < 4.78 is 10.1. The normalized spacial score (nSPS) is 10.1. The van der Waals surface area contributed by atoms with Crippen LogP contribution in [0.2, 0.25) is 5.02 Å². The monoisotopic (exact) mass is 404 g/mol. The molecule has 0 saturated heterocycles. The lowest BCUT2D eigenvalue weighted by atomic mass is 10.2. The molecule has 2 rings (SSSR count). The summed E-state index contributed by atoms with van der Waals surface area (Å²) in [6.45, 7) is 2.60. The Balaban J connectivity index is 1.67. The van der Waals surface area contributed by atoms with Gasteiger partial charge in [-0.2, -0.15) is 0 Å². The van der Waals surface area contributed by atoms with Gasteiger partial charge in [-0.15, -0.1) is 0 Å². The predicted molar refractivity (Wildman–Crippen MR) is 105 cm³/mol. The Labute approximate surface area is 168 Å². The highest BCUT2D eigenvalue weighted by Gasteiger charge is 2.11. The zero-order valence-corrected chi connectivity index (χ0v) is 16.3. The minimum atomic E-state index is -0.685. The standard InChI is InChI=1S/C20H21ClN2O5/c1-13-5-3-6-15(9-13)27-12-20(26)28-11-19(25)22-10-18(24)23-17-8-4-7-16(21)14(17)2/h3-9H,10-12H2,1-2H3,(H,22,25)(H,23,24). The van der Waals surface area contributed by atoms with Gasteiger partial charge < -0.3 is 20.1 Å². The molecule has 0 aliphatic rings. The molecule has 7 nitrogen and oxygen atoms in total. The molecule has 2 aromatic rings. The minimum absolute atomic E-state index is 0.262. The lowest BCUT2D eigenvalue weighted by Crippen LogP contribution is -2.36. The highest BCUT2D eigenvalue weighted by molar-refractivity contribution is 6.31. The van der Waals surface area contributed by atoms with Gasteiger partial charge in [0.2, 0.25) is 5.91 Å². The van der Waals surface area contributed by atoms with E-state index in [0.717, 1.165) is 11.1 Å². The lowest BCUT2D eigenvalue weighted by molar-refractivity contribution is -0.150. The number of benzene rings is 2. The largest absolute Gasteiger partial charge is 0.482 e. The molecule has 28 heavy (non-hydrogen) atoms. The third-order valence-corrected chi connectivity index (χ3v) is 4.11. The molecule has 0 heterocycles. The van der Waals surface area contributed by atoms with Crippen LogP contribution >= 0.6 is 11.6 Å². The van der Waals surface area contributed by atoms with E-state index in [1.54, 1.807) is 43.3 Å². The average Bonchev–Trinajstić information content (AvgIpc) is 2.67. The summed E-state index contributed by atoms with van der Waals surface area (Å²) in [6.07, 6.45) is 0. The van der Waals surface area contributed by atoms with E-state index in [1.165, 1.54) is 0 Å². The molecule has 0 aliphatic carbocycles. The molecule has 0 saturated carbocycles. The van der Waals surface area contributed by atoms with E-state index in [1.807, 2.05) is 13.0 Å². The van der Waals surface area contributed by atoms with Crippen LogP contribution < -0.4 is 15.4 Å². The molecule has 0 aliphatic heterocycles. The highest BCUT2D eigenvalue weighted by Crippen LogP contribution is 2.22. The number of hydrogen-bond acceptors (Lipinski definition) is 5. The van der Waals surface area contributed by atoms with Gasteiger partial charge >= 0.3 is 5.97 Å². The molecular formula is C20H21ClN2O5. The first-order chi connectivity index (χ1) is 13.3. The Kier molecular flexibility index (Phi) is 7.83. The van der Waals surface area contributed by atoms with E-state index < -0.39 is 24.4 Å². The van der Waals surface area contributed by atoms with Crippen LogP contribution in [0.5, 0.6) is 5.75 Å². The van der Waals surface area contributed by atoms with Crippen molar-refractivity contribution in [3.63, 3.8) is 0 Å².